The Labute approximate surface area is 203 Å². The lowest BCUT2D eigenvalue weighted by molar-refractivity contribution is -0.113. The highest BCUT2D eigenvalue weighted by Gasteiger charge is 2.17. The van der Waals surface area contributed by atoms with Crippen LogP contribution in [0.2, 0.25) is 0 Å². The second-order valence-corrected chi connectivity index (χ2v) is 8.14. The van der Waals surface area contributed by atoms with Crippen LogP contribution in [0.1, 0.15) is 21.8 Å². The van der Waals surface area contributed by atoms with E-state index in [0.29, 0.717) is 21.7 Å². The number of esters is 1. The number of thioether (sulfide) groups is 1. The topological polar surface area (TPSA) is 118 Å². The minimum Gasteiger partial charge on any atom is -0.452 e. The standard InChI is InChI=1S/C25H17FN4O4S/c26-18-10-8-17(9-11-18)24-29-23(34-30-24)14-33-25(32)20-6-1-2-7-21(20)35-15-22(31)28-19-5-3-4-16(12-19)13-27/h1-12H,14-15H2,(H,28,31). The van der Waals surface area contributed by atoms with Gasteiger partial charge in [-0.05, 0) is 54.6 Å². The van der Waals surface area contributed by atoms with Crippen LogP contribution in [0.3, 0.4) is 0 Å². The summed E-state index contributed by atoms with van der Waals surface area (Å²) in [7, 11) is 0. The summed E-state index contributed by atoms with van der Waals surface area (Å²) in [6.07, 6.45) is 0. The van der Waals surface area contributed by atoms with E-state index in [1.54, 1.807) is 48.5 Å². The Kier molecular flexibility index (Phi) is 7.50. The zero-order valence-corrected chi connectivity index (χ0v) is 18.9. The Morgan fingerprint density at radius 3 is 2.69 bits per heavy atom. The van der Waals surface area contributed by atoms with Crippen LogP contribution in [-0.2, 0) is 16.1 Å². The van der Waals surface area contributed by atoms with Crippen LogP contribution in [0.5, 0.6) is 0 Å². The zero-order chi connectivity index (χ0) is 24.6. The van der Waals surface area contributed by atoms with Crippen molar-refractivity contribution < 1.29 is 23.2 Å². The number of carbonyl (C=O) groups excluding carboxylic acids is 2. The first-order chi connectivity index (χ1) is 17.0. The molecule has 1 aromatic heterocycles. The zero-order valence-electron chi connectivity index (χ0n) is 18.1. The first-order valence-corrected chi connectivity index (χ1v) is 11.3. The Bertz CT molecular complexity index is 1400. The van der Waals surface area contributed by atoms with Gasteiger partial charge in [0.25, 0.3) is 5.89 Å². The predicted octanol–water partition coefficient (Wildman–Crippen LogP) is 4.84. The molecule has 1 N–H and O–H groups in total. The Hall–Kier alpha value is -4.49. The van der Waals surface area contributed by atoms with Crippen LogP contribution < -0.4 is 5.32 Å². The van der Waals surface area contributed by atoms with Crippen molar-refractivity contribution in [2.75, 3.05) is 11.1 Å². The minimum absolute atomic E-state index is 0.0474. The van der Waals surface area contributed by atoms with Gasteiger partial charge in [-0.3, -0.25) is 4.79 Å². The van der Waals surface area contributed by atoms with E-state index in [9.17, 15) is 14.0 Å². The number of carbonyl (C=O) groups is 2. The van der Waals surface area contributed by atoms with E-state index in [2.05, 4.69) is 15.5 Å². The summed E-state index contributed by atoms with van der Waals surface area (Å²) in [4.78, 5) is 29.7. The lowest BCUT2D eigenvalue weighted by Crippen LogP contribution is -2.14. The summed E-state index contributed by atoms with van der Waals surface area (Å²) in [6.45, 7) is -0.248. The van der Waals surface area contributed by atoms with Crippen molar-refractivity contribution in [3.8, 4) is 17.5 Å². The summed E-state index contributed by atoms with van der Waals surface area (Å²) in [5, 5.41) is 15.5. The molecule has 4 aromatic rings. The third-order valence-corrected chi connectivity index (χ3v) is 5.71. The van der Waals surface area contributed by atoms with Crippen molar-refractivity contribution in [2.24, 2.45) is 0 Å². The quantitative estimate of drug-likeness (QED) is 0.277. The van der Waals surface area contributed by atoms with Crippen LogP contribution in [-0.4, -0.2) is 27.8 Å². The molecule has 0 spiro atoms. The van der Waals surface area contributed by atoms with Crippen molar-refractivity contribution in [3.63, 3.8) is 0 Å². The summed E-state index contributed by atoms with van der Waals surface area (Å²) in [5.74, 6) is -0.899. The van der Waals surface area contributed by atoms with Crippen LogP contribution >= 0.6 is 11.8 Å². The maximum absolute atomic E-state index is 13.1. The van der Waals surface area contributed by atoms with Gasteiger partial charge in [-0.25, -0.2) is 9.18 Å². The van der Waals surface area contributed by atoms with Crippen molar-refractivity contribution in [1.29, 1.82) is 5.26 Å². The predicted molar refractivity (Wildman–Crippen MR) is 126 cm³/mol. The molecule has 35 heavy (non-hydrogen) atoms. The van der Waals surface area contributed by atoms with Gasteiger partial charge in [0.2, 0.25) is 11.7 Å². The van der Waals surface area contributed by atoms with Gasteiger partial charge in [0.15, 0.2) is 6.61 Å². The molecule has 0 radical (unpaired) electrons. The highest BCUT2D eigenvalue weighted by molar-refractivity contribution is 8.00. The molecule has 0 saturated heterocycles. The van der Waals surface area contributed by atoms with E-state index in [0.717, 1.165) is 0 Å². The van der Waals surface area contributed by atoms with E-state index in [1.165, 1.54) is 36.0 Å². The molecule has 0 aliphatic carbocycles. The molecule has 0 saturated carbocycles. The molecule has 10 heteroatoms. The summed E-state index contributed by atoms with van der Waals surface area (Å²) in [6, 6.07) is 20.9. The molecule has 8 nitrogen and oxygen atoms in total. The second kappa shape index (κ2) is 11.1. The molecule has 0 atom stereocenters. The van der Waals surface area contributed by atoms with Gasteiger partial charge >= 0.3 is 5.97 Å². The van der Waals surface area contributed by atoms with Gasteiger partial charge in [0.05, 0.1) is 22.9 Å². The molecule has 1 heterocycles. The minimum atomic E-state index is -0.614. The highest BCUT2D eigenvalue weighted by atomic mass is 32.2. The van der Waals surface area contributed by atoms with Gasteiger partial charge in [0.1, 0.15) is 5.82 Å². The number of rotatable bonds is 8. The number of ether oxygens (including phenoxy) is 1. The molecule has 0 unspecified atom stereocenters. The van der Waals surface area contributed by atoms with Crippen molar-refractivity contribution >= 4 is 29.3 Å². The lowest BCUT2D eigenvalue weighted by Gasteiger charge is -2.09. The monoisotopic (exact) mass is 488 g/mol. The molecule has 0 fully saturated rings. The number of amides is 1. The van der Waals surface area contributed by atoms with E-state index >= 15 is 0 Å². The largest absolute Gasteiger partial charge is 0.452 e. The molecule has 0 bridgehead atoms. The molecule has 3 aromatic carbocycles. The summed E-state index contributed by atoms with van der Waals surface area (Å²) in [5.41, 5.74) is 1.80. The molecular weight excluding hydrogens is 471 g/mol. The highest BCUT2D eigenvalue weighted by Crippen LogP contribution is 2.24. The van der Waals surface area contributed by atoms with Crippen LogP contribution in [0, 0.1) is 17.1 Å². The van der Waals surface area contributed by atoms with Gasteiger partial charge in [0, 0.05) is 16.1 Å². The van der Waals surface area contributed by atoms with Crippen molar-refractivity contribution in [3.05, 3.63) is 95.6 Å². The van der Waals surface area contributed by atoms with Crippen molar-refractivity contribution in [1.82, 2.24) is 10.1 Å². The van der Waals surface area contributed by atoms with Crippen LogP contribution in [0.25, 0.3) is 11.4 Å². The fourth-order valence-corrected chi connectivity index (χ4v) is 3.84. The van der Waals surface area contributed by atoms with E-state index < -0.39 is 5.97 Å². The molecule has 0 aliphatic rings. The average molecular weight is 489 g/mol. The van der Waals surface area contributed by atoms with Crippen LogP contribution in [0.4, 0.5) is 10.1 Å². The Morgan fingerprint density at radius 1 is 1.09 bits per heavy atom. The molecule has 4 rings (SSSR count). The maximum Gasteiger partial charge on any atom is 0.339 e. The molecular formula is C25H17FN4O4S. The third kappa shape index (κ3) is 6.31. The maximum atomic E-state index is 13.1. The normalized spacial score (nSPS) is 10.4. The fraction of sp³-hybridized carbons (Fsp3) is 0.0800. The van der Waals surface area contributed by atoms with Gasteiger partial charge in [-0.2, -0.15) is 10.2 Å². The fourth-order valence-electron chi connectivity index (χ4n) is 3.00. The number of hydrogen-bond donors (Lipinski definition) is 1. The number of halogens is 1. The SMILES string of the molecule is N#Cc1cccc(NC(=O)CSc2ccccc2C(=O)OCc2nc(-c3ccc(F)cc3)no2)c1. The van der Waals surface area contributed by atoms with Gasteiger partial charge in [-0.15, -0.1) is 11.8 Å². The van der Waals surface area contributed by atoms with E-state index in [4.69, 9.17) is 14.5 Å². The molecule has 174 valence electrons. The Morgan fingerprint density at radius 2 is 1.89 bits per heavy atom. The number of benzene rings is 3. The molecule has 1 amide bonds. The molecule has 0 aliphatic heterocycles. The van der Waals surface area contributed by atoms with E-state index in [1.807, 2.05) is 6.07 Å². The summed E-state index contributed by atoms with van der Waals surface area (Å²) < 4.78 is 23.5. The first kappa shape index (κ1) is 23.7. The lowest BCUT2D eigenvalue weighted by atomic mass is 10.2. The average Bonchev–Trinajstić information content (AvgIpc) is 3.36. The van der Waals surface area contributed by atoms with Gasteiger partial charge < -0.3 is 14.6 Å². The smallest absolute Gasteiger partial charge is 0.339 e. The summed E-state index contributed by atoms with van der Waals surface area (Å²) >= 11 is 1.18. The third-order valence-electron chi connectivity index (χ3n) is 4.64. The van der Waals surface area contributed by atoms with Crippen molar-refractivity contribution in [2.45, 2.75) is 11.5 Å². The van der Waals surface area contributed by atoms with E-state index in [-0.39, 0.29) is 41.4 Å². The first-order valence-electron chi connectivity index (χ1n) is 10.3. The number of nitrogens with one attached hydrogen (secondary N) is 1. The number of nitrogens with zero attached hydrogens (tertiary/aromatic N) is 3. The Balaban J connectivity index is 1.34. The van der Waals surface area contributed by atoms with Crippen LogP contribution in [0.15, 0.2) is 82.2 Å². The van der Waals surface area contributed by atoms with Gasteiger partial charge in [-0.1, -0.05) is 23.4 Å². The number of anilines is 1. The number of nitriles is 1. The number of hydrogen-bond acceptors (Lipinski definition) is 8. The number of aromatic nitrogens is 2. The second-order valence-electron chi connectivity index (χ2n) is 7.12.